The fourth-order valence-electron chi connectivity index (χ4n) is 2.58. The number of ether oxygens (including phenoxy) is 4. The summed E-state index contributed by atoms with van der Waals surface area (Å²) in [5.41, 5.74) is 0.994. The normalized spacial score (nSPS) is 10.8. The van der Waals surface area contributed by atoms with Crippen molar-refractivity contribution >= 4 is 29.9 Å². The largest absolute Gasteiger partial charge is 0.496 e. The molecule has 0 heterocycles. The molecule has 0 aliphatic rings. The fourth-order valence-corrected chi connectivity index (χ4v) is 2.58. The molecule has 0 unspecified atom stereocenters. The Balaban J connectivity index is 0.00000729. The van der Waals surface area contributed by atoms with E-state index in [1.807, 2.05) is 12.1 Å². The summed E-state index contributed by atoms with van der Waals surface area (Å²) in [6, 6.07) is 3.73. The molecule has 0 aromatic heterocycles. The number of unbranched alkanes of at least 4 members (excludes halogenated alkanes) is 1. The highest BCUT2D eigenvalue weighted by molar-refractivity contribution is 14.0. The van der Waals surface area contributed by atoms with Gasteiger partial charge in [-0.05, 0) is 19.3 Å². The molecule has 0 fully saturated rings. The molecule has 7 nitrogen and oxygen atoms in total. The minimum Gasteiger partial charge on any atom is -0.496 e. The molecular weight excluding hydrogens is 473 g/mol. The highest BCUT2D eigenvalue weighted by Crippen LogP contribution is 2.34. The number of halogens is 1. The molecule has 0 amide bonds. The van der Waals surface area contributed by atoms with Crippen LogP contribution in [-0.4, -0.2) is 60.6 Å². The zero-order chi connectivity index (χ0) is 19.9. The molecule has 162 valence electrons. The highest BCUT2D eigenvalue weighted by Gasteiger charge is 2.13. The number of rotatable bonds is 13. The Labute approximate surface area is 186 Å². The third-order valence-corrected chi connectivity index (χ3v) is 4.11. The van der Waals surface area contributed by atoms with Gasteiger partial charge < -0.3 is 29.6 Å². The van der Waals surface area contributed by atoms with E-state index in [4.69, 9.17) is 18.9 Å². The minimum absolute atomic E-state index is 0. The summed E-state index contributed by atoms with van der Waals surface area (Å²) in [7, 11) is 6.68. The fraction of sp³-hybridized carbons (Fsp3) is 0.650. The van der Waals surface area contributed by atoms with Gasteiger partial charge in [-0.25, -0.2) is 0 Å². The molecule has 1 aromatic rings. The lowest BCUT2D eigenvalue weighted by Crippen LogP contribution is -2.39. The van der Waals surface area contributed by atoms with E-state index in [1.165, 1.54) is 6.42 Å². The van der Waals surface area contributed by atoms with Gasteiger partial charge in [-0.3, -0.25) is 4.99 Å². The van der Waals surface area contributed by atoms with Crippen LogP contribution in [0.1, 0.15) is 31.7 Å². The molecule has 0 aliphatic carbocycles. The van der Waals surface area contributed by atoms with Crippen LogP contribution in [0.2, 0.25) is 0 Å². The van der Waals surface area contributed by atoms with E-state index in [0.29, 0.717) is 12.3 Å². The van der Waals surface area contributed by atoms with Crippen LogP contribution in [0.5, 0.6) is 17.2 Å². The van der Waals surface area contributed by atoms with Gasteiger partial charge in [0.25, 0.3) is 0 Å². The van der Waals surface area contributed by atoms with Crippen molar-refractivity contribution in [1.82, 2.24) is 10.6 Å². The second-order valence-electron chi connectivity index (χ2n) is 6.01. The van der Waals surface area contributed by atoms with Gasteiger partial charge in [0.2, 0.25) is 0 Å². The maximum absolute atomic E-state index is 5.56. The van der Waals surface area contributed by atoms with Crippen LogP contribution in [0.3, 0.4) is 0 Å². The van der Waals surface area contributed by atoms with Gasteiger partial charge >= 0.3 is 0 Å². The van der Waals surface area contributed by atoms with Gasteiger partial charge in [-0.2, -0.15) is 0 Å². The van der Waals surface area contributed by atoms with Crippen LogP contribution in [0.4, 0.5) is 0 Å². The summed E-state index contributed by atoms with van der Waals surface area (Å²) < 4.78 is 21.8. The number of aliphatic imine (C=N–C) groups is 1. The molecular formula is C20H36IN3O4. The summed E-state index contributed by atoms with van der Waals surface area (Å²) in [5.74, 6) is 2.98. The maximum atomic E-state index is 5.56. The summed E-state index contributed by atoms with van der Waals surface area (Å²) in [5, 5.41) is 6.61. The Morgan fingerprint density at radius 1 is 0.929 bits per heavy atom. The summed E-state index contributed by atoms with van der Waals surface area (Å²) >= 11 is 0. The molecule has 0 saturated carbocycles. The van der Waals surface area contributed by atoms with Crippen LogP contribution in [0.25, 0.3) is 0 Å². The third kappa shape index (κ3) is 9.68. The van der Waals surface area contributed by atoms with Crippen molar-refractivity contribution in [2.75, 3.05) is 54.7 Å². The molecule has 1 aromatic carbocycles. The van der Waals surface area contributed by atoms with E-state index in [1.54, 1.807) is 28.4 Å². The number of nitrogens with zero attached hydrogens (tertiary/aromatic N) is 1. The van der Waals surface area contributed by atoms with Crippen molar-refractivity contribution in [3.8, 4) is 17.2 Å². The Bertz CT molecular complexity index is 545. The van der Waals surface area contributed by atoms with Crippen molar-refractivity contribution in [2.45, 2.75) is 32.6 Å². The lowest BCUT2D eigenvalue weighted by atomic mass is 10.1. The van der Waals surface area contributed by atoms with Gasteiger partial charge in [0.05, 0.1) is 21.3 Å². The van der Waals surface area contributed by atoms with E-state index >= 15 is 0 Å². The van der Waals surface area contributed by atoms with Crippen LogP contribution in [-0.2, 0) is 11.2 Å². The van der Waals surface area contributed by atoms with Crippen LogP contribution >= 0.6 is 24.0 Å². The molecule has 0 bridgehead atoms. The summed E-state index contributed by atoms with van der Waals surface area (Å²) in [4.78, 5) is 4.25. The predicted octanol–water partition coefficient (Wildman–Crippen LogP) is 3.24. The minimum atomic E-state index is 0. The summed E-state index contributed by atoms with van der Waals surface area (Å²) in [6.45, 7) is 5.30. The van der Waals surface area contributed by atoms with Crippen molar-refractivity contribution in [3.05, 3.63) is 17.7 Å². The van der Waals surface area contributed by atoms with Crippen molar-refractivity contribution in [2.24, 2.45) is 4.99 Å². The first-order valence-corrected chi connectivity index (χ1v) is 9.51. The first-order valence-electron chi connectivity index (χ1n) is 9.51. The lowest BCUT2D eigenvalue weighted by Gasteiger charge is -2.16. The van der Waals surface area contributed by atoms with Gasteiger partial charge in [0.1, 0.15) is 17.2 Å². The average molecular weight is 509 g/mol. The van der Waals surface area contributed by atoms with E-state index in [9.17, 15) is 0 Å². The Kier molecular flexibility index (Phi) is 15.7. The number of hydrogen-bond acceptors (Lipinski definition) is 5. The molecule has 0 radical (unpaired) electrons. The molecule has 2 N–H and O–H groups in total. The Morgan fingerprint density at radius 3 is 2.07 bits per heavy atom. The molecule has 8 heteroatoms. The van der Waals surface area contributed by atoms with Crippen LogP contribution in [0, 0.1) is 0 Å². The SMILES string of the molecule is CCCCOCCCNC(=NC)NCCc1c(OC)cc(OC)cc1OC.I. The van der Waals surface area contributed by atoms with E-state index in [0.717, 1.165) is 62.0 Å². The lowest BCUT2D eigenvalue weighted by molar-refractivity contribution is 0.129. The molecule has 1 rings (SSSR count). The number of methoxy groups -OCH3 is 3. The van der Waals surface area contributed by atoms with Gasteiger partial charge in [-0.1, -0.05) is 13.3 Å². The van der Waals surface area contributed by atoms with E-state index in [2.05, 4.69) is 22.5 Å². The number of nitrogens with one attached hydrogen (secondary N) is 2. The van der Waals surface area contributed by atoms with Crippen LogP contribution in [0.15, 0.2) is 17.1 Å². The Morgan fingerprint density at radius 2 is 1.54 bits per heavy atom. The summed E-state index contributed by atoms with van der Waals surface area (Å²) in [6.07, 6.45) is 3.97. The zero-order valence-corrected chi connectivity index (χ0v) is 20.1. The highest BCUT2D eigenvalue weighted by atomic mass is 127. The molecule has 0 aliphatic heterocycles. The molecule has 0 saturated heterocycles. The van der Waals surface area contributed by atoms with Crippen molar-refractivity contribution < 1.29 is 18.9 Å². The topological polar surface area (TPSA) is 73.3 Å². The van der Waals surface area contributed by atoms with Crippen molar-refractivity contribution in [3.63, 3.8) is 0 Å². The molecule has 28 heavy (non-hydrogen) atoms. The van der Waals surface area contributed by atoms with Crippen molar-refractivity contribution in [1.29, 1.82) is 0 Å². The second kappa shape index (κ2) is 16.5. The van der Waals surface area contributed by atoms with Gasteiger partial charge in [-0.15, -0.1) is 24.0 Å². The first kappa shape index (κ1) is 26.6. The monoisotopic (exact) mass is 509 g/mol. The maximum Gasteiger partial charge on any atom is 0.190 e. The number of benzene rings is 1. The first-order chi connectivity index (χ1) is 13.2. The third-order valence-electron chi connectivity index (χ3n) is 4.11. The number of guanidine groups is 1. The van der Waals surface area contributed by atoms with Gasteiger partial charge in [0, 0.05) is 51.0 Å². The number of hydrogen-bond donors (Lipinski definition) is 2. The van der Waals surface area contributed by atoms with E-state index in [-0.39, 0.29) is 24.0 Å². The smallest absolute Gasteiger partial charge is 0.190 e. The standard InChI is InChI=1S/C20H35N3O4.HI/c1-6-7-12-27-13-8-10-22-20(21-2)23-11-9-17-18(25-4)14-16(24-3)15-19(17)26-5;/h14-15H,6-13H2,1-5H3,(H2,21,22,23);1H. The second-order valence-corrected chi connectivity index (χ2v) is 6.01. The Hall–Kier alpha value is -1.42. The molecule has 0 atom stereocenters. The quantitative estimate of drug-likeness (QED) is 0.184. The van der Waals surface area contributed by atoms with Crippen LogP contribution < -0.4 is 24.8 Å². The molecule has 0 spiro atoms. The van der Waals surface area contributed by atoms with Gasteiger partial charge in [0.15, 0.2) is 5.96 Å². The zero-order valence-electron chi connectivity index (χ0n) is 17.8. The average Bonchev–Trinajstić information content (AvgIpc) is 2.71. The predicted molar refractivity (Wildman–Crippen MR) is 125 cm³/mol. The van der Waals surface area contributed by atoms with E-state index < -0.39 is 0 Å².